The number of ether oxygens (including phenoxy) is 1. The maximum absolute atomic E-state index is 12.9. The molecule has 1 amide bonds. The monoisotopic (exact) mass is 478 g/mol. The van der Waals surface area contributed by atoms with Crippen LogP contribution in [0.15, 0.2) is 53.0 Å². The Hall–Kier alpha value is -2.43. The summed E-state index contributed by atoms with van der Waals surface area (Å²) < 4.78 is 31.6. The van der Waals surface area contributed by atoms with E-state index in [2.05, 4.69) is 5.32 Å². The minimum Gasteiger partial charge on any atom is -0.480 e. The molecule has 0 spiro atoms. The largest absolute Gasteiger partial charge is 0.480 e. The van der Waals surface area contributed by atoms with Crippen molar-refractivity contribution < 1.29 is 27.9 Å². The third-order valence-electron chi connectivity index (χ3n) is 6.31. The molecule has 2 N–H and O–H groups in total. The van der Waals surface area contributed by atoms with Crippen molar-refractivity contribution in [1.29, 1.82) is 0 Å². The highest BCUT2D eigenvalue weighted by Crippen LogP contribution is 2.50. The Morgan fingerprint density at radius 2 is 1.94 bits per heavy atom. The smallest absolute Gasteiger partial charge is 0.329 e. The molecule has 2 aromatic rings. The maximum atomic E-state index is 12.9. The van der Waals surface area contributed by atoms with Gasteiger partial charge in [0.15, 0.2) is 0 Å². The standard InChI is InChI=1S/C22H26N2O6S2/c25-19(26)14-30-12-4-1-5-17-15-6-7-16(13-15)21(17)23-22(27)18-8-9-20(31-18)32(28,29)24-10-2-3-11-24/h1-4,8-11,15-17,21H,5-7,12-14H2,(H,23,27)(H,25,26)/t15-,16+,17+,21+/m1/s1. The number of carbonyl (C=O) groups excluding carboxylic acids is 1. The van der Waals surface area contributed by atoms with Crippen molar-refractivity contribution in [2.75, 3.05) is 13.2 Å². The molecule has 2 aliphatic rings. The lowest BCUT2D eigenvalue weighted by atomic mass is 9.82. The van der Waals surface area contributed by atoms with Gasteiger partial charge in [0.1, 0.15) is 10.8 Å². The summed E-state index contributed by atoms with van der Waals surface area (Å²) in [4.78, 5) is 23.8. The molecule has 0 unspecified atom stereocenters. The number of carbonyl (C=O) groups is 2. The first-order valence-corrected chi connectivity index (χ1v) is 12.9. The third-order valence-corrected chi connectivity index (χ3v) is 9.52. The molecule has 2 fully saturated rings. The summed E-state index contributed by atoms with van der Waals surface area (Å²) in [7, 11) is -3.68. The fourth-order valence-electron chi connectivity index (χ4n) is 4.90. The van der Waals surface area contributed by atoms with E-state index >= 15 is 0 Å². The molecule has 0 aromatic carbocycles. The van der Waals surface area contributed by atoms with Crippen molar-refractivity contribution in [1.82, 2.24) is 9.29 Å². The van der Waals surface area contributed by atoms with Crippen molar-refractivity contribution in [3.8, 4) is 0 Å². The summed E-state index contributed by atoms with van der Waals surface area (Å²) in [6, 6.07) is 6.38. The first-order chi connectivity index (χ1) is 15.4. The van der Waals surface area contributed by atoms with Crippen LogP contribution in [0.25, 0.3) is 0 Å². The molecule has 8 nitrogen and oxygen atoms in total. The second-order valence-electron chi connectivity index (χ2n) is 8.25. The van der Waals surface area contributed by atoms with Gasteiger partial charge < -0.3 is 15.2 Å². The molecule has 10 heteroatoms. The van der Waals surface area contributed by atoms with Crippen molar-refractivity contribution in [3.05, 3.63) is 53.7 Å². The number of aromatic nitrogens is 1. The first-order valence-electron chi connectivity index (χ1n) is 10.6. The molecule has 2 bridgehead atoms. The zero-order valence-electron chi connectivity index (χ0n) is 17.4. The van der Waals surface area contributed by atoms with E-state index in [1.807, 2.05) is 12.2 Å². The summed E-state index contributed by atoms with van der Waals surface area (Å²) in [6.45, 7) is -0.0714. The summed E-state index contributed by atoms with van der Waals surface area (Å²) in [5.74, 6) is 0.0838. The van der Waals surface area contributed by atoms with Crippen molar-refractivity contribution in [2.45, 2.75) is 35.9 Å². The van der Waals surface area contributed by atoms with Gasteiger partial charge in [0.05, 0.1) is 11.5 Å². The topological polar surface area (TPSA) is 115 Å². The van der Waals surface area contributed by atoms with E-state index in [4.69, 9.17) is 9.84 Å². The Labute approximate surface area is 190 Å². The van der Waals surface area contributed by atoms with Crippen LogP contribution in [-0.2, 0) is 19.6 Å². The zero-order valence-corrected chi connectivity index (χ0v) is 19.1. The summed E-state index contributed by atoms with van der Waals surface area (Å²) in [6.07, 6.45) is 10.9. The Bertz CT molecular complexity index is 1090. The van der Waals surface area contributed by atoms with Gasteiger partial charge in [0.2, 0.25) is 0 Å². The molecule has 0 radical (unpaired) electrons. The minimum atomic E-state index is -3.68. The van der Waals surface area contributed by atoms with E-state index in [9.17, 15) is 18.0 Å². The van der Waals surface area contributed by atoms with Gasteiger partial charge in [-0.1, -0.05) is 12.2 Å². The molecule has 2 heterocycles. The van der Waals surface area contributed by atoms with Gasteiger partial charge in [0, 0.05) is 18.4 Å². The van der Waals surface area contributed by atoms with E-state index in [-0.39, 0.29) is 29.4 Å². The fourth-order valence-corrected chi connectivity index (χ4v) is 7.39. The van der Waals surface area contributed by atoms with Crippen molar-refractivity contribution in [2.24, 2.45) is 17.8 Å². The molecule has 172 valence electrons. The van der Waals surface area contributed by atoms with Crippen LogP contribution in [0.2, 0.25) is 0 Å². The van der Waals surface area contributed by atoms with Crippen LogP contribution < -0.4 is 5.32 Å². The number of nitrogens with zero attached hydrogens (tertiary/aromatic N) is 1. The number of aliphatic carboxylic acids is 1. The van der Waals surface area contributed by atoms with Crippen LogP contribution in [0.3, 0.4) is 0 Å². The van der Waals surface area contributed by atoms with Crippen LogP contribution in [0.5, 0.6) is 0 Å². The number of hydrogen-bond acceptors (Lipinski definition) is 6. The Morgan fingerprint density at radius 1 is 1.19 bits per heavy atom. The molecular formula is C22H26N2O6S2. The highest BCUT2D eigenvalue weighted by molar-refractivity contribution is 7.92. The molecular weight excluding hydrogens is 452 g/mol. The summed E-state index contributed by atoms with van der Waals surface area (Å²) in [5.41, 5.74) is 0. The number of nitrogens with one attached hydrogen (secondary N) is 1. The normalized spacial score (nSPS) is 24.9. The van der Waals surface area contributed by atoms with E-state index in [0.29, 0.717) is 22.6 Å². The number of carboxylic acids is 1. The van der Waals surface area contributed by atoms with Gasteiger partial charge in [-0.05, 0) is 67.7 Å². The molecule has 2 saturated carbocycles. The number of thiophene rings is 1. The Kier molecular flexibility index (Phi) is 6.82. The van der Waals surface area contributed by atoms with Crippen LogP contribution in [0.4, 0.5) is 0 Å². The number of fused-ring (bicyclic) bond motifs is 2. The number of rotatable bonds is 10. The number of allylic oxidation sites excluding steroid dienone is 1. The van der Waals surface area contributed by atoms with Gasteiger partial charge in [-0.15, -0.1) is 11.3 Å². The van der Waals surface area contributed by atoms with Gasteiger partial charge in [-0.3, -0.25) is 4.79 Å². The number of amides is 1. The summed E-state index contributed by atoms with van der Waals surface area (Å²) >= 11 is 0.981. The molecule has 0 aliphatic heterocycles. The Balaban J connectivity index is 1.38. The second kappa shape index (κ2) is 9.60. The lowest BCUT2D eigenvalue weighted by Crippen LogP contribution is -2.43. The minimum absolute atomic E-state index is 0.0532. The third kappa shape index (κ3) is 4.82. The van der Waals surface area contributed by atoms with Crippen LogP contribution >= 0.6 is 11.3 Å². The maximum Gasteiger partial charge on any atom is 0.329 e. The molecule has 2 aromatic heterocycles. The van der Waals surface area contributed by atoms with Gasteiger partial charge >= 0.3 is 5.97 Å². The van der Waals surface area contributed by atoms with Crippen LogP contribution in [0, 0.1) is 17.8 Å². The van der Waals surface area contributed by atoms with E-state index in [1.54, 1.807) is 18.2 Å². The van der Waals surface area contributed by atoms with E-state index in [1.165, 1.54) is 18.5 Å². The number of hydrogen-bond donors (Lipinski definition) is 2. The molecule has 4 atom stereocenters. The fraction of sp³-hybridized carbons (Fsp3) is 0.455. The highest BCUT2D eigenvalue weighted by Gasteiger charge is 2.47. The van der Waals surface area contributed by atoms with E-state index < -0.39 is 16.0 Å². The zero-order chi connectivity index (χ0) is 22.7. The quantitative estimate of drug-likeness (QED) is 0.401. The van der Waals surface area contributed by atoms with Crippen molar-refractivity contribution >= 4 is 33.2 Å². The Morgan fingerprint density at radius 3 is 2.69 bits per heavy atom. The average molecular weight is 479 g/mol. The number of carboxylic acid groups (broad SMARTS) is 1. The predicted octanol–water partition coefficient (Wildman–Crippen LogP) is 2.98. The van der Waals surface area contributed by atoms with E-state index in [0.717, 1.165) is 41.0 Å². The van der Waals surface area contributed by atoms with Gasteiger partial charge in [-0.2, -0.15) is 8.42 Å². The molecule has 32 heavy (non-hydrogen) atoms. The molecule has 2 aliphatic carbocycles. The SMILES string of the molecule is O=C(O)COCC=CC[C@H]1[C@@H]2CC[C@@H](C2)[C@@H]1NC(=O)c1ccc(S(=O)(=O)n2cccc2)s1. The summed E-state index contributed by atoms with van der Waals surface area (Å²) in [5, 5.41) is 11.8. The predicted molar refractivity (Wildman–Crippen MR) is 119 cm³/mol. The van der Waals surface area contributed by atoms with Crippen LogP contribution in [0.1, 0.15) is 35.4 Å². The lowest BCUT2D eigenvalue weighted by Gasteiger charge is -2.31. The molecule has 4 rings (SSSR count). The molecule has 0 saturated heterocycles. The average Bonchev–Trinajstić information content (AvgIpc) is 3.55. The van der Waals surface area contributed by atoms with Crippen molar-refractivity contribution in [3.63, 3.8) is 0 Å². The second-order valence-corrected chi connectivity index (χ2v) is 11.4. The van der Waals surface area contributed by atoms with Gasteiger partial charge in [0.25, 0.3) is 15.9 Å². The van der Waals surface area contributed by atoms with Gasteiger partial charge in [-0.25, -0.2) is 8.77 Å². The first kappa shape index (κ1) is 22.8. The lowest BCUT2D eigenvalue weighted by molar-refractivity contribution is -0.141. The van der Waals surface area contributed by atoms with Crippen LogP contribution in [-0.4, -0.2) is 48.6 Å². The highest BCUT2D eigenvalue weighted by atomic mass is 32.2.